The highest BCUT2D eigenvalue weighted by Gasteiger charge is 2.60. The Morgan fingerprint density at radius 3 is 2.74 bits per heavy atom. The summed E-state index contributed by atoms with van der Waals surface area (Å²) in [5.74, 6) is -2.06. The average Bonchev–Trinajstić information content (AvgIpc) is 3.15. The number of rotatable bonds is 8. The van der Waals surface area contributed by atoms with Gasteiger partial charge in [0.1, 0.15) is 5.70 Å². The number of carbonyl (C=O) groups excluding carboxylic acids is 1. The molecule has 27 heavy (non-hydrogen) atoms. The Bertz CT molecular complexity index is 640. The molecule has 0 aromatic heterocycles. The van der Waals surface area contributed by atoms with Crippen LogP contribution in [0, 0.1) is 11.8 Å². The standard InChI is InChI=1S/C18H29N3O5S/c1-8-14-13(9(2)22)17(24)21(14)15(18(25)26)16(8)27-10-6-11(20-7-10)12(23)4-5-19-3/h8-14,19-20,22-23H,4-7H2,1-3H3,(H,25,26)/t8-,9-,10?,11+,12-,13-,14-/m1/s1. The second kappa shape index (κ2) is 8.08. The highest BCUT2D eigenvalue weighted by Crippen LogP contribution is 2.51. The lowest BCUT2D eigenvalue weighted by atomic mass is 9.79. The molecule has 5 N–H and O–H groups in total. The summed E-state index contributed by atoms with van der Waals surface area (Å²) in [6.45, 7) is 4.94. The first-order chi connectivity index (χ1) is 12.8. The van der Waals surface area contributed by atoms with E-state index in [2.05, 4.69) is 10.6 Å². The first kappa shape index (κ1) is 20.6. The van der Waals surface area contributed by atoms with Crippen LogP contribution in [0.15, 0.2) is 10.6 Å². The maximum Gasteiger partial charge on any atom is 0.353 e. The lowest BCUT2D eigenvalue weighted by Crippen LogP contribution is -2.63. The van der Waals surface area contributed by atoms with E-state index in [0.29, 0.717) is 17.9 Å². The Labute approximate surface area is 163 Å². The zero-order valence-corrected chi connectivity index (χ0v) is 16.7. The summed E-state index contributed by atoms with van der Waals surface area (Å²) in [5.41, 5.74) is 0.0681. The van der Waals surface area contributed by atoms with Crippen LogP contribution in [0.2, 0.25) is 0 Å². The molecule has 2 saturated heterocycles. The third kappa shape index (κ3) is 3.63. The Balaban J connectivity index is 1.71. The van der Waals surface area contributed by atoms with Crippen LogP contribution in [0.3, 0.4) is 0 Å². The van der Waals surface area contributed by atoms with E-state index < -0.39 is 24.1 Å². The van der Waals surface area contributed by atoms with Gasteiger partial charge in [0.05, 0.1) is 24.2 Å². The van der Waals surface area contributed by atoms with E-state index in [-0.39, 0.29) is 34.9 Å². The van der Waals surface area contributed by atoms with Crippen LogP contribution in [0.25, 0.3) is 0 Å². The number of aliphatic hydroxyl groups excluding tert-OH is 2. The quantitative estimate of drug-likeness (QED) is 0.349. The Hall–Kier alpha value is -1.13. The number of aliphatic hydroxyl groups is 2. The van der Waals surface area contributed by atoms with E-state index in [1.54, 1.807) is 6.92 Å². The van der Waals surface area contributed by atoms with Gasteiger partial charge < -0.3 is 30.9 Å². The number of amides is 1. The molecule has 9 heteroatoms. The molecule has 0 spiro atoms. The van der Waals surface area contributed by atoms with Gasteiger partial charge in [0.15, 0.2) is 0 Å². The number of hydrogen-bond acceptors (Lipinski definition) is 7. The zero-order valence-electron chi connectivity index (χ0n) is 15.9. The molecule has 0 aromatic carbocycles. The Kier molecular flexibility index (Phi) is 6.17. The number of nitrogens with one attached hydrogen (secondary N) is 2. The number of nitrogens with zero attached hydrogens (tertiary/aromatic N) is 1. The van der Waals surface area contributed by atoms with Crippen molar-refractivity contribution in [2.75, 3.05) is 20.1 Å². The largest absolute Gasteiger partial charge is 0.477 e. The molecule has 0 bridgehead atoms. The summed E-state index contributed by atoms with van der Waals surface area (Å²) in [5, 5.41) is 36.4. The molecule has 3 aliphatic rings. The van der Waals surface area contributed by atoms with Gasteiger partial charge in [0.2, 0.25) is 5.91 Å². The molecule has 7 atom stereocenters. The third-order valence-electron chi connectivity index (χ3n) is 5.88. The summed E-state index contributed by atoms with van der Waals surface area (Å²) in [4.78, 5) is 26.3. The predicted molar refractivity (Wildman–Crippen MR) is 102 cm³/mol. The van der Waals surface area contributed by atoms with E-state index >= 15 is 0 Å². The van der Waals surface area contributed by atoms with Crippen LogP contribution in [-0.4, -0.2) is 81.8 Å². The molecule has 3 aliphatic heterocycles. The number of fused-ring (bicyclic) bond motifs is 1. The number of carboxylic acids is 1. The van der Waals surface area contributed by atoms with Gasteiger partial charge in [-0.25, -0.2) is 4.79 Å². The van der Waals surface area contributed by atoms with Crippen LogP contribution in [0.5, 0.6) is 0 Å². The fourth-order valence-electron chi connectivity index (χ4n) is 4.47. The molecule has 1 unspecified atom stereocenters. The van der Waals surface area contributed by atoms with Gasteiger partial charge in [-0.3, -0.25) is 4.79 Å². The van der Waals surface area contributed by atoms with Gasteiger partial charge >= 0.3 is 5.97 Å². The van der Waals surface area contributed by atoms with Gasteiger partial charge in [-0.2, -0.15) is 0 Å². The normalized spacial score (nSPS) is 35.2. The molecular weight excluding hydrogens is 370 g/mol. The minimum Gasteiger partial charge on any atom is -0.477 e. The lowest BCUT2D eigenvalue weighted by Gasteiger charge is -2.46. The van der Waals surface area contributed by atoms with Crippen molar-refractivity contribution in [2.24, 2.45) is 11.8 Å². The van der Waals surface area contributed by atoms with Crippen LogP contribution in [0.4, 0.5) is 0 Å². The van der Waals surface area contributed by atoms with Crippen molar-refractivity contribution >= 4 is 23.6 Å². The summed E-state index contributed by atoms with van der Waals surface area (Å²) in [7, 11) is 1.85. The molecule has 1 amide bonds. The molecule has 3 rings (SSSR count). The van der Waals surface area contributed by atoms with Gasteiger partial charge in [-0.1, -0.05) is 6.92 Å². The second-order valence-corrected chi connectivity index (χ2v) is 9.06. The van der Waals surface area contributed by atoms with Crippen LogP contribution in [0.1, 0.15) is 26.7 Å². The van der Waals surface area contributed by atoms with Crippen LogP contribution < -0.4 is 10.6 Å². The van der Waals surface area contributed by atoms with Gasteiger partial charge in [0.25, 0.3) is 0 Å². The van der Waals surface area contributed by atoms with Crippen molar-refractivity contribution < 1.29 is 24.9 Å². The summed E-state index contributed by atoms with van der Waals surface area (Å²) in [6, 6.07) is -0.289. The monoisotopic (exact) mass is 399 g/mol. The molecule has 0 radical (unpaired) electrons. The van der Waals surface area contributed by atoms with Gasteiger partial charge in [-0.15, -0.1) is 11.8 Å². The van der Waals surface area contributed by atoms with Crippen molar-refractivity contribution in [3.05, 3.63) is 10.6 Å². The first-order valence-corrected chi connectivity index (χ1v) is 10.4. The molecule has 3 heterocycles. The molecule has 0 aliphatic carbocycles. The number of hydrogen-bond donors (Lipinski definition) is 5. The SMILES string of the molecule is CNCC[C@@H](O)[C@@H]1CC(SC2=C(C(=O)O)N3C(=O)[C@H]([C@@H](C)O)[C@H]3[C@H]2C)CN1. The molecule has 152 valence electrons. The number of carboxylic acid groups (broad SMARTS) is 1. The molecular formula is C18H29N3O5S. The third-order valence-corrected chi connectivity index (χ3v) is 7.40. The number of thioether (sulfide) groups is 1. The van der Waals surface area contributed by atoms with Gasteiger partial charge in [-0.05, 0) is 33.4 Å². The maximum absolute atomic E-state index is 12.4. The lowest BCUT2D eigenvalue weighted by molar-refractivity contribution is -0.163. The van der Waals surface area contributed by atoms with Crippen LogP contribution in [-0.2, 0) is 9.59 Å². The van der Waals surface area contributed by atoms with E-state index in [1.807, 2.05) is 14.0 Å². The molecule has 2 fully saturated rings. The van der Waals surface area contributed by atoms with E-state index in [9.17, 15) is 24.9 Å². The van der Waals surface area contributed by atoms with Crippen molar-refractivity contribution in [1.29, 1.82) is 0 Å². The number of β-lactam (4-membered cyclic amide) rings is 1. The minimum absolute atomic E-state index is 0.00897. The number of aliphatic carboxylic acids is 1. The smallest absolute Gasteiger partial charge is 0.353 e. The fraction of sp³-hybridized carbons (Fsp3) is 0.778. The fourth-order valence-corrected chi connectivity index (χ4v) is 5.96. The average molecular weight is 400 g/mol. The Morgan fingerprint density at radius 1 is 1.44 bits per heavy atom. The summed E-state index contributed by atoms with van der Waals surface area (Å²) in [6.07, 6.45) is 0.168. The second-order valence-electron chi connectivity index (χ2n) is 7.72. The Morgan fingerprint density at radius 2 is 2.15 bits per heavy atom. The van der Waals surface area contributed by atoms with Gasteiger partial charge in [0, 0.05) is 28.7 Å². The van der Waals surface area contributed by atoms with E-state index in [1.165, 1.54) is 16.7 Å². The minimum atomic E-state index is -1.10. The van der Waals surface area contributed by atoms with E-state index in [0.717, 1.165) is 13.0 Å². The predicted octanol–water partition coefficient (Wildman–Crippen LogP) is -0.426. The summed E-state index contributed by atoms with van der Waals surface area (Å²) >= 11 is 1.50. The molecule has 0 saturated carbocycles. The van der Waals surface area contributed by atoms with Crippen molar-refractivity contribution in [2.45, 2.75) is 56.2 Å². The van der Waals surface area contributed by atoms with E-state index in [4.69, 9.17) is 0 Å². The zero-order chi connectivity index (χ0) is 19.9. The van der Waals surface area contributed by atoms with Crippen LogP contribution >= 0.6 is 11.8 Å². The first-order valence-electron chi connectivity index (χ1n) is 9.49. The topological polar surface area (TPSA) is 122 Å². The molecule has 8 nitrogen and oxygen atoms in total. The highest BCUT2D eigenvalue weighted by atomic mass is 32.2. The number of carbonyl (C=O) groups is 2. The molecule has 0 aromatic rings. The van der Waals surface area contributed by atoms with Crippen molar-refractivity contribution in [3.63, 3.8) is 0 Å². The summed E-state index contributed by atoms with van der Waals surface area (Å²) < 4.78 is 0. The highest BCUT2D eigenvalue weighted by molar-refractivity contribution is 8.03. The van der Waals surface area contributed by atoms with Crippen molar-refractivity contribution in [1.82, 2.24) is 15.5 Å². The van der Waals surface area contributed by atoms with Crippen molar-refractivity contribution in [3.8, 4) is 0 Å². The maximum atomic E-state index is 12.4.